The Balaban J connectivity index is 1.24. The van der Waals surface area contributed by atoms with E-state index in [9.17, 15) is 10.2 Å². The van der Waals surface area contributed by atoms with Crippen LogP contribution >= 0.6 is 23.2 Å². The second-order valence-electron chi connectivity index (χ2n) is 8.13. The highest BCUT2D eigenvalue weighted by Crippen LogP contribution is 2.34. The van der Waals surface area contributed by atoms with Crippen LogP contribution in [0.4, 0.5) is 11.4 Å². The van der Waals surface area contributed by atoms with Gasteiger partial charge in [-0.3, -0.25) is 4.90 Å². The van der Waals surface area contributed by atoms with Crippen LogP contribution < -0.4 is 9.80 Å². The molecule has 162 valence electrons. The first kappa shape index (κ1) is 21.6. The van der Waals surface area contributed by atoms with E-state index >= 15 is 0 Å². The van der Waals surface area contributed by atoms with Crippen molar-refractivity contribution < 1.29 is 10.2 Å². The molecule has 1 atom stereocenters. The number of phenolic OH excluding ortho intramolecular Hbond substituents is 1. The maximum atomic E-state index is 10.4. The highest BCUT2D eigenvalue weighted by Gasteiger charge is 2.25. The van der Waals surface area contributed by atoms with Crippen LogP contribution in [0.3, 0.4) is 0 Å². The summed E-state index contributed by atoms with van der Waals surface area (Å²) in [4.78, 5) is 6.83. The number of aliphatic hydroxyl groups is 1. The Bertz CT molecular complexity index is 872. The molecule has 4 rings (SSSR count). The summed E-state index contributed by atoms with van der Waals surface area (Å²) >= 11 is 12.5. The van der Waals surface area contributed by atoms with Gasteiger partial charge < -0.3 is 20.0 Å². The van der Waals surface area contributed by atoms with Gasteiger partial charge in [-0.2, -0.15) is 0 Å². The fourth-order valence-electron chi connectivity index (χ4n) is 4.47. The summed E-state index contributed by atoms with van der Waals surface area (Å²) in [6.45, 7) is 5.75. The molecule has 1 fully saturated rings. The summed E-state index contributed by atoms with van der Waals surface area (Å²) < 4.78 is 0. The van der Waals surface area contributed by atoms with Crippen LogP contribution in [-0.2, 0) is 6.42 Å². The van der Waals surface area contributed by atoms with E-state index in [1.165, 1.54) is 5.56 Å². The predicted molar refractivity (Wildman–Crippen MR) is 124 cm³/mol. The number of aliphatic hydroxyl groups excluding tert-OH is 1. The Morgan fingerprint density at radius 2 is 1.70 bits per heavy atom. The minimum Gasteiger partial charge on any atom is -0.508 e. The van der Waals surface area contributed by atoms with Gasteiger partial charge in [-0.25, -0.2) is 0 Å². The standard InChI is InChI=1S/C23H29Cl2N3O2/c24-19-4-3-5-20(23(19)25)27-14-12-26(13-15-27)10-1-2-11-28-21-16-18(29)8-6-17(21)7-9-22(28)30/h3-6,8,16,22,29-30H,1-2,7,9-15H2. The number of hydrogen-bond donors (Lipinski definition) is 2. The van der Waals surface area contributed by atoms with Gasteiger partial charge in [-0.15, -0.1) is 0 Å². The van der Waals surface area contributed by atoms with E-state index in [0.29, 0.717) is 10.0 Å². The Morgan fingerprint density at radius 3 is 2.50 bits per heavy atom. The maximum Gasteiger partial charge on any atom is 0.127 e. The third-order valence-electron chi connectivity index (χ3n) is 6.18. The summed E-state index contributed by atoms with van der Waals surface area (Å²) in [6.07, 6.45) is 3.21. The molecule has 30 heavy (non-hydrogen) atoms. The van der Waals surface area contributed by atoms with Gasteiger partial charge in [0.15, 0.2) is 0 Å². The van der Waals surface area contributed by atoms with Crippen molar-refractivity contribution in [2.24, 2.45) is 0 Å². The van der Waals surface area contributed by atoms with E-state index < -0.39 is 6.23 Å². The summed E-state index contributed by atoms with van der Waals surface area (Å²) in [6, 6.07) is 11.3. The smallest absolute Gasteiger partial charge is 0.127 e. The highest BCUT2D eigenvalue weighted by molar-refractivity contribution is 6.43. The van der Waals surface area contributed by atoms with E-state index in [-0.39, 0.29) is 5.75 Å². The predicted octanol–water partition coefficient (Wildman–Crippen LogP) is 4.37. The number of piperazine rings is 1. The molecule has 2 aromatic rings. The van der Waals surface area contributed by atoms with Crippen molar-refractivity contribution in [2.45, 2.75) is 31.9 Å². The average molecular weight is 450 g/mol. The number of unbranched alkanes of at least 4 members (excludes halogenated alkanes) is 1. The van der Waals surface area contributed by atoms with Crippen LogP contribution in [0.2, 0.25) is 10.0 Å². The summed E-state index contributed by atoms with van der Waals surface area (Å²) in [7, 11) is 0. The molecule has 2 aliphatic heterocycles. The van der Waals surface area contributed by atoms with Gasteiger partial charge in [0.05, 0.1) is 15.7 Å². The number of nitrogens with zero attached hydrogens (tertiary/aromatic N) is 3. The van der Waals surface area contributed by atoms with Crippen LogP contribution in [0.1, 0.15) is 24.8 Å². The lowest BCUT2D eigenvalue weighted by Gasteiger charge is -2.37. The summed E-state index contributed by atoms with van der Waals surface area (Å²) in [5, 5.41) is 21.5. The quantitative estimate of drug-likeness (QED) is 0.641. The van der Waals surface area contributed by atoms with E-state index in [2.05, 4.69) is 9.80 Å². The summed E-state index contributed by atoms with van der Waals surface area (Å²) in [5.74, 6) is 0.255. The van der Waals surface area contributed by atoms with Crippen molar-refractivity contribution in [2.75, 3.05) is 49.1 Å². The van der Waals surface area contributed by atoms with Crippen molar-refractivity contribution in [3.63, 3.8) is 0 Å². The zero-order valence-corrected chi connectivity index (χ0v) is 18.6. The first-order chi connectivity index (χ1) is 14.5. The van der Waals surface area contributed by atoms with Crippen molar-refractivity contribution >= 4 is 34.6 Å². The minimum absolute atomic E-state index is 0.255. The number of benzene rings is 2. The molecule has 0 aromatic heterocycles. The number of hydrogen-bond acceptors (Lipinski definition) is 5. The van der Waals surface area contributed by atoms with Crippen LogP contribution in [0.25, 0.3) is 0 Å². The molecule has 0 bridgehead atoms. The third kappa shape index (κ3) is 4.80. The number of aryl methyl sites for hydroxylation is 1. The van der Waals surface area contributed by atoms with Crippen molar-refractivity contribution in [3.8, 4) is 5.75 Å². The second kappa shape index (κ2) is 9.65. The van der Waals surface area contributed by atoms with Gasteiger partial charge in [0.25, 0.3) is 0 Å². The summed E-state index contributed by atoms with van der Waals surface area (Å²) in [5.41, 5.74) is 3.19. The topological polar surface area (TPSA) is 50.2 Å². The molecular formula is C23H29Cl2N3O2. The second-order valence-corrected chi connectivity index (χ2v) is 8.92. The first-order valence-electron chi connectivity index (χ1n) is 10.7. The molecule has 7 heteroatoms. The molecule has 2 aliphatic rings. The lowest BCUT2D eigenvalue weighted by molar-refractivity contribution is 0.152. The zero-order valence-electron chi connectivity index (χ0n) is 17.1. The molecule has 1 saturated heterocycles. The van der Waals surface area contributed by atoms with E-state index in [4.69, 9.17) is 23.2 Å². The number of fused-ring (bicyclic) bond motifs is 1. The Labute approximate surface area is 188 Å². The third-order valence-corrected chi connectivity index (χ3v) is 6.99. The molecule has 0 aliphatic carbocycles. The number of aromatic hydroxyl groups is 1. The first-order valence-corrected chi connectivity index (χ1v) is 11.5. The van der Waals surface area contributed by atoms with Gasteiger partial charge in [-0.1, -0.05) is 35.3 Å². The van der Waals surface area contributed by atoms with Crippen LogP contribution in [0, 0.1) is 0 Å². The molecule has 0 radical (unpaired) electrons. The van der Waals surface area contributed by atoms with E-state index in [1.807, 2.05) is 29.2 Å². The van der Waals surface area contributed by atoms with Crippen molar-refractivity contribution in [3.05, 3.63) is 52.0 Å². The Hall–Kier alpha value is -1.66. The number of rotatable bonds is 6. The fourth-order valence-corrected chi connectivity index (χ4v) is 4.88. The molecule has 1 unspecified atom stereocenters. The average Bonchev–Trinajstić information content (AvgIpc) is 2.75. The SMILES string of the molecule is Oc1ccc2c(c1)N(CCCCN1CCN(c3cccc(Cl)c3Cl)CC1)C(O)CC2. The molecular weight excluding hydrogens is 421 g/mol. The number of anilines is 2. The normalized spacial score (nSPS) is 19.8. The molecule has 2 N–H and O–H groups in total. The Morgan fingerprint density at radius 1 is 0.933 bits per heavy atom. The number of halogens is 2. The maximum absolute atomic E-state index is 10.4. The van der Waals surface area contributed by atoms with Gasteiger partial charge in [0.1, 0.15) is 12.0 Å². The molecule has 2 aromatic carbocycles. The molecule has 0 amide bonds. The van der Waals surface area contributed by atoms with E-state index in [0.717, 1.165) is 76.3 Å². The van der Waals surface area contributed by atoms with Crippen molar-refractivity contribution in [1.82, 2.24) is 4.90 Å². The zero-order chi connectivity index (χ0) is 21.1. The fraction of sp³-hybridized carbons (Fsp3) is 0.478. The lowest BCUT2D eigenvalue weighted by Crippen LogP contribution is -2.47. The highest BCUT2D eigenvalue weighted by atomic mass is 35.5. The lowest BCUT2D eigenvalue weighted by atomic mass is 10.00. The molecule has 0 saturated carbocycles. The van der Waals surface area contributed by atoms with Gasteiger partial charge in [0, 0.05) is 44.5 Å². The molecule has 0 spiro atoms. The largest absolute Gasteiger partial charge is 0.508 e. The Kier molecular flexibility index (Phi) is 6.94. The van der Waals surface area contributed by atoms with Crippen LogP contribution in [-0.4, -0.2) is 60.6 Å². The van der Waals surface area contributed by atoms with Gasteiger partial charge in [-0.05, 0) is 56.0 Å². The monoisotopic (exact) mass is 449 g/mol. The number of phenols is 1. The van der Waals surface area contributed by atoms with E-state index in [1.54, 1.807) is 12.1 Å². The molecule has 2 heterocycles. The van der Waals surface area contributed by atoms with Crippen molar-refractivity contribution in [1.29, 1.82) is 0 Å². The van der Waals surface area contributed by atoms with Gasteiger partial charge in [0.2, 0.25) is 0 Å². The molecule has 5 nitrogen and oxygen atoms in total. The van der Waals surface area contributed by atoms with Gasteiger partial charge >= 0.3 is 0 Å². The van der Waals surface area contributed by atoms with Crippen LogP contribution in [0.5, 0.6) is 5.75 Å². The van der Waals surface area contributed by atoms with Crippen LogP contribution in [0.15, 0.2) is 36.4 Å². The minimum atomic E-state index is -0.467.